The molecule has 1 heterocycles. The maximum Gasteiger partial charge on any atom is 0.196 e. The summed E-state index contributed by atoms with van der Waals surface area (Å²) in [6.45, 7) is 8.89. The zero-order valence-corrected chi connectivity index (χ0v) is 18.5. The van der Waals surface area contributed by atoms with E-state index in [4.69, 9.17) is 19.9 Å². The average molecular weight is 425 g/mol. The van der Waals surface area contributed by atoms with Crippen LogP contribution in [0.1, 0.15) is 55.5 Å². The molecule has 0 bridgehead atoms. The fourth-order valence-corrected chi connectivity index (χ4v) is 4.32. The van der Waals surface area contributed by atoms with E-state index in [1.807, 2.05) is 31.2 Å². The average Bonchev–Trinajstić information content (AvgIpc) is 3.40. The number of carbonyl (C=O) groups is 1. The first-order valence-electron chi connectivity index (χ1n) is 11.4. The number of hydrogen-bond acceptors (Lipinski definition) is 6. The summed E-state index contributed by atoms with van der Waals surface area (Å²) in [5.74, 6) is 1.73. The van der Waals surface area contributed by atoms with Crippen molar-refractivity contribution in [3.63, 3.8) is 0 Å². The molecule has 4 rings (SSSR count). The molecule has 166 valence electrons. The number of nitrogens with zero attached hydrogens (tertiary/aromatic N) is 1. The zero-order valence-electron chi connectivity index (χ0n) is 18.5. The van der Waals surface area contributed by atoms with Gasteiger partial charge in [-0.1, -0.05) is 26.0 Å². The molecule has 0 atom stereocenters. The van der Waals surface area contributed by atoms with Crippen molar-refractivity contribution in [1.29, 1.82) is 0 Å². The molecule has 0 saturated carbocycles. The Balaban J connectivity index is 1.72. The number of likely N-dealkylation sites (tertiary alicyclic amines) is 1. The summed E-state index contributed by atoms with van der Waals surface area (Å²) in [5, 5.41) is 0. The number of ether oxygens (including phenoxy) is 3. The number of ketones is 1. The molecule has 6 nitrogen and oxygen atoms in total. The van der Waals surface area contributed by atoms with E-state index in [9.17, 15) is 4.79 Å². The Bertz CT molecular complexity index is 951. The molecule has 1 aliphatic carbocycles. The summed E-state index contributed by atoms with van der Waals surface area (Å²) in [7, 11) is 0. The van der Waals surface area contributed by atoms with Crippen LogP contribution in [0.15, 0.2) is 24.3 Å². The molecule has 0 radical (unpaired) electrons. The number of fused-ring (bicyclic) bond motifs is 3. The van der Waals surface area contributed by atoms with Crippen molar-refractivity contribution in [2.24, 2.45) is 0 Å². The summed E-state index contributed by atoms with van der Waals surface area (Å²) in [6.07, 6.45) is 4.22. The molecule has 0 spiro atoms. The van der Waals surface area contributed by atoms with Crippen LogP contribution in [-0.2, 0) is 0 Å². The monoisotopic (exact) mass is 424 g/mol. The Morgan fingerprint density at radius 3 is 2.26 bits per heavy atom. The second-order valence-corrected chi connectivity index (χ2v) is 8.14. The van der Waals surface area contributed by atoms with Crippen LogP contribution >= 0.6 is 0 Å². The van der Waals surface area contributed by atoms with Crippen molar-refractivity contribution in [2.75, 3.05) is 45.2 Å². The third-order valence-corrected chi connectivity index (χ3v) is 5.83. The SMILES string of the molecule is CCCOc1cc(OCCC)c2c(c1N)C(=O)c1cccc(OCCN3CCCC3)c1-2. The van der Waals surface area contributed by atoms with Crippen LogP contribution in [-0.4, -0.2) is 50.1 Å². The van der Waals surface area contributed by atoms with E-state index < -0.39 is 0 Å². The summed E-state index contributed by atoms with van der Waals surface area (Å²) in [6, 6.07) is 7.45. The largest absolute Gasteiger partial charge is 0.493 e. The van der Waals surface area contributed by atoms with Crippen molar-refractivity contribution < 1.29 is 19.0 Å². The zero-order chi connectivity index (χ0) is 21.8. The molecule has 6 heteroatoms. The van der Waals surface area contributed by atoms with Gasteiger partial charge in [-0.2, -0.15) is 0 Å². The van der Waals surface area contributed by atoms with Crippen molar-refractivity contribution >= 4 is 11.5 Å². The highest BCUT2D eigenvalue weighted by Crippen LogP contribution is 2.52. The standard InChI is InChI=1S/C25H32N2O4/c1-3-13-29-19-16-20(30-14-4-2)24(26)23-22(19)21-17(25(23)28)8-7-9-18(21)31-15-12-27-10-5-6-11-27/h7-9,16H,3-6,10-15,26H2,1-2H3. The molecule has 2 N–H and O–H groups in total. The first-order chi connectivity index (χ1) is 15.2. The lowest BCUT2D eigenvalue weighted by atomic mass is 10.0. The van der Waals surface area contributed by atoms with E-state index >= 15 is 0 Å². The van der Waals surface area contributed by atoms with E-state index in [1.165, 1.54) is 12.8 Å². The van der Waals surface area contributed by atoms with Gasteiger partial charge >= 0.3 is 0 Å². The number of nitrogen functional groups attached to an aromatic ring is 1. The second-order valence-electron chi connectivity index (χ2n) is 8.14. The van der Waals surface area contributed by atoms with Gasteiger partial charge in [-0.3, -0.25) is 9.69 Å². The molecule has 0 amide bonds. The van der Waals surface area contributed by atoms with Gasteiger partial charge in [0.15, 0.2) is 5.78 Å². The van der Waals surface area contributed by atoms with Crippen molar-refractivity contribution in [1.82, 2.24) is 4.90 Å². The first-order valence-corrected chi connectivity index (χ1v) is 11.4. The maximum atomic E-state index is 13.3. The second kappa shape index (κ2) is 9.60. The lowest BCUT2D eigenvalue weighted by Crippen LogP contribution is -2.25. The fraction of sp³-hybridized carbons (Fsp3) is 0.480. The number of nitrogens with two attached hydrogens (primary N) is 1. The fourth-order valence-electron chi connectivity index (χ4n) is 4.32. The van der Waals surface area contributed by atoms with E-state index in [1.54, 1.807) is 0 Å². The summed E-state index contributed by atoms with van der Waals surface area (Å²) >= 11 is 0. The van der Waals surface area contributed by atoms with E-state index in [0.717, 1.165) is 43.6 Å². The van der Waals surface area contributed by atoms with E-state index in [-0.39, 0.29) is 5.78 Å². The summed E-state index contributed by atoms with van der Waals surface area (Å²) in [5.41, 5.74) is 9.38. The Kier molecular flexibility index (Phi) is 6.66. The third-order valence-electron chi connectivity index (χ3n) is 5.83. The lowest BCUT2D eigenvalue weighted by molar-refractivity contribution is 0.104. The molecular formula is C25H32N2O4. The number of rotatable bonds is 10. The number of benzene rings is 2. The smallest absolute Gasteiger partial charge is 0.196 e. The maximum absolute atomic E-state index is 13.3. The Morgan fingerprint density at radius 2 is 1.55 bits per heavy atom. The van der Waals surface area contributed by atoms with Gasteiger partial charge in [0.1, 0.15) is 23.9 Å². The minimum absolute atomic E-state index is 0.101. The highest BCUT2D eigenvalue weighted by Gasteiger charge is 2.36. The highest BCUT2D eigenvalue weighted by atomic mass is 16.5. The van der Waals surface area contributed by atoms with Crippen molar-refractivity contribution in [3.8, 4) is 28.4 Å². The molecule has 2 aromatic rings. The van der Waals surface area contributed by atoms with Gasteiger partial charge in [0.2, 0.25) is 0 Å². The van der Waals surface area contributed by atoms with Crippen molar-refractivity contribution in [3.05, 3.63) is 35.4 Å². The molecule has 2 aliphatic rings. The predicted octanol–water partition coefficient (Wildman–Crippen LogP) is 4.53. The quantitative estimate of drug-likeness (QED) is 0.482. The van der Waals surface area contributed by atoms with Crippen LogP contribution in [0.3, 0.4) is 0 Å². The van der Waals surface area contributed by atoms with Gasteiger partial charge in [-0.25, -0.2) is 0 Å². The predicted molar refractivity (Wildman–Crippen MR) is 122 cm³/mol. The molecule has 1 fully saturated rings. The van der Waals surface area contributed by atoms with Crippen LogP contribution in [0.25, 0.3) is 11.1 Å². The highest BCUT2D eigenvalue weighted by molar-refractivity contribution is 6.26. The molecule has 2 aromatic carbocycles. The number of anilines is 1. The summed E-state index contributed by atoms with van der Waals surface area (Å²) in [4.78, 5) is 15.8. The van der Waals surface area contributed by atoms with Gasteiger partial charge in [0, 0.05) is 29.3 Å². The number of hydrogen-bond donors (Lipinski definition) is 1. The molecule has 0 unspecified atom stereocenters. The third kappa shape index (κ3) is 4.22. The van der Waals surface area contributed by atoms with Gasteiger partial charge in [-0.05, 0) is 44.8 Å². The molecule has 1 saturated heterocycles. The van der Waals surface area contributed by atoms with Crippen LogP contribution in [0, 0.1) is 0 Å². The Hall–Kier alpha value is -2.73. The Morgan fingerprint density at radius 1 is 0.871 bits per heavy atom. The minimum atomic E-state index is -0.101. The molecule has 31 heavy (non-hydrogen) atoms. The van der Waals surface area contributed by atoms with E-state index in [0.29, 0.717) is 53.9 Å². The van der Waals surface area contributed by atoms with Gasteiger partial charge in [0.25, 0.3) is 0 Å². The minimum Gasteiger partial charge on any atom is -0.493 e. The van der Waals surface area contributed by atoms with Crippen LogP contribution < -0.4 is 19.9 Å². The van der Waals surface area contributed by atoms with Crippen LogP contribution in [0.4, 0.5) is 5.69 Å². The van der Waals surface area contributed by atoms with Gasteiger partial charge in [0.05, 0.1) is 24.5 Å². The van der Waals surface area contributed by atoms with Crippen molar-refractivity contribution in [2.45, 2.75) is 39.5 Å². The number of carbonyl (C=O) groups excluding carboxylic acids is 1. The van der Waals surface area contributed by atoms with Gasteiger partial charge < -0.3 is 19.9 Å². The lowest BCUT2D eigenvalue weighted by Gasteiger charge is -2.19. The Labute approximate surface area is 184 Å². The molecule has 1 aliphatic heterocycles. The molecule has 0 aromatic heterocycles. The normalized spacial score (nSPS) is 15.1. The van der Waals surface area contributed by atoms with E-state index in [2.05, 4.69) is 11.8 Å². The first kappa shape index (κ1) is 21.5. The summed E-state index contributed by atoms with van der Waals surface area (Å²) < 4.78 is 18.1. The van der Waals surface area contributed by atoms with Crippen LogP contribution in [0.5, 0.6) is 17.2 Å². The topological polar surface area (TPSA) is 74.0 Å². The van der Waals surface area contributed by atoms with Gasteiger partial charge in [-0.15, -0.1) is 0 Å². The van der Waals surface area contributed by atoms with Crippen LogP contribution in [0.2, 0.25) is 0 Å². The molecular weight excluding hydrogens is 392 g/mol.